The van der Waals surface area contributed by atoms with Crippen LogP contribution in [0, 0.1) is 0 Å². The van der Waals surface area contributed by atoms with Gasteiger partial charge < -0.3 is 19.1 Å². The minimum atomic E-state index is -1.05. The molecule has 0 aromatic heterocycles. The van der Waals surface area contributed by atoms with Gasteiger partial charge >= 0.3 is 0 Å². The lowest BCUT2D eigenvalue weighted by Gasteiger charge is -2.35. The van der Waals surface area contributed by atoms with Gasteiger partial charge in [0.25, 0.3) is 0 Å². The maximum atomic E-state index is 11.3. The molecule has 0 unspecified atom stereocenters. The summed E-state index contributed by atoms with van der Waals surface area (Å²) in [5.74, 6) is -0.347. The number of ether oxygens (including phenoxy) is 1. The quantitative estimate of drug-likeness (QED) is 0.712. The topological polar surface area (TPSA) is 49.4 Å². The van der Waals surface area contributed by atoms with Crippen LogP contribution in [0.5, 0.6) is 5.75 Å². The first-order valence-electron chi connectivity index (χ1n) is 5.70. The number of hydrogen-bond donors (Lipinski definition) is 0. The zero-order valence-corrected chi connectivity index (χ0v) is 14.5. The molecule has 106 valence electrons. The lowest BCUT2D eigenvalue weighted by Crippen LogP contribution is -2.55. The Morgan fingerprint density at radius 1 is 1.32 bits per heavy atom. The van der Waals surface area contributed by atoms with Gasteiger partial charge in [0.1, 0.15) is 11.8 Å². The normalized spacial score (nSPS) is 13.2. The van der Waals surface area contributed by atoms with Gasteiger partial charge in [-0.25, -0.2) is 0 Å². The van der Waals surface area contributed by atoms with Gasteiger partial charge in [0.2, 0.25) is 0 Å². The SMILES string of the molecule is COc1cc(Br)c(C[C@H](C(=O)[O-])[N+](C)(C)C)c(Br)c1. The van der Waals surface area contributed by atoms with Crippen LogP contribution in [0.15, 0.2) is 21.1 Å². The van der Waals surface area contributed by atoms with Crippen molar-refractivity contribution in [1.82, 2.24) is 0 Å². The van der Waals surface area contributed by atoms with Crippen LogP contribution >= 0.6 is 31.9 Å². The minimum absolute atomic E-state index is 0.299. The monoisotopic (exact) mass is 393 g/mol. The fraction of sp³-hybridized carbons (Fsp3) is 0.462. The van der Waals surface area contributed by atoms with Gasteiger partial charge in [-0.05, 0) is 17.7 Å². The number of methoxy groups -OCH3 is 1. The maximum absolute atomic E-state index is 11.3. The molecule has 0 heterocycles. The standard InChI is InChI=1S/C13H17Br2NO3/c1-16(2,3)12(13(17)18)7-9-10(14)5-8(19-4)6-11(9)15/h5-6,12H,7H2,1-4H3/t12-/m1/s1. The highest BCUT2D eigenvalue weighted by atomic mass is 79.9. The summed E-state index contributed by atoms with van der Waals surface area (Å²) in [5, 5.41) is 11.3. The second-order valence-corrected chi connectivity index (χ2v) is 6.93. The summed E-state index contributed by atoms with van der Waals surface area (Å²) < 4.78 is 7.09. The number of carboxylic acids is 1. The summed E-state index contributed by atoms with van der Waals surface area (Å²) in [5.41, 5.74) is 0.892. The Kier molecular flexibility index (Phi) is 5.41. The van der Waals surface area contributed by atoms with Crippen molar-refractivity contribution in [3.63, 3.8) is 0 Å². The molecular formula is C13H17Br2NO3. The van der Waals surface area contributed by atoms with E-state index in [9.17, 15) is 9.90 Å². The van der Waals surface area contributed by atoms with Gasteiger partial charge in [-0.2, -0.15) is 0 Å². The summed E-state index contributed by atoms with van der Waals surface area (Å²) in [4.78, 5) is 11.3. The highest BCUT2D eigenvalue weighted by Crippen LogP contribution is 2.32. The fourth-order valence-electron chi connectivity index (χ4n) is 1.76. The molecule has 0 radical (unpaired) electrons. The van der Waals surface area contributed by atoms with Crippen molar-refractivity contribution in [3.8, 4) is 5.75 Å². The van der Waals surface area contributed by atoms with Crippen molar-refractivity contribution in [2.24, 2.45) is 0 Å². The number of nitrogens with zero attached hydrogens (tertiary/aromatic N) is 1. The number of hydrogen-bond acceptors (Lipinski definition) is 3. The molecule has 0 spiro atoms. The average molecular weight is 395 g/mol. The van der Waals surface area contributed by atoms with Gasteiger partial charge in [-0.1, -0.05) is 31.9 Å². The highest BCUT2D eigenvalue weighted by Gasteiger charge is 2.27. The number of aliphatic carboxylic acids is 1. The molecule has 0 aliphatic rings. The molecule has 0 amide bonds. The molecule has 1 atom stereocenters. The minimum Gasteiger partial charge on any atom is -0.544 e. The molecule has 1 aromatic carbocycles. The number of carbonyl (C=O) groups is 1. The molecule has 0 fully saturated rings. The predicted molar refractivity (Wildman–Crippen MR) is 78.9 cm³/mol. The number of halogens is 2. The number of quaternary nitrogens is 1. The molecule has 1 aromatic rings. The number of carboxylic acid groups (broad SMARTS) is 1. The Morgan fingerprint density at radius 2 is 1.79 bits per heavy atom. The fourth-order valence-corrected chi connectivity index (χ4v) is 3.23. The van der Waals surface area contributed by atoms with Crippen molar-refractivity contribution in [3.05, 3.63) is 26.6 Å². The highest BCUT2D eigenvalue weighted by molar-refractivity contribution is 9.11. The molecule has 0 aliphatic carbocycles. The van der Waals surface area contributed by atoms with Crippen LogP contribution in [0.25, 0.3) is 0 Å². The van der Waals surface area contributed by atoms with Crippen molar-refractivity contribution in [2.75, 3.05) is 28.3 Å². The summed E-state index contributed by atoms with van der Waals surface area (Å²) in [7, 11) is 7.10. The molecule has 0 bridgehead atoms. The molecule has 0 saturated carbocycles. The largest absolute Gasteiger partial charge is 0.544 e. The molecule has 1 rings (SSSR count). The molecule has 19 heavy (non-hydrogen) atoms. The summed E-state index contributed by atoms with van der Waals surface area (Å²) in [6.45, 7) is 0. The van der Waals surface area contributed by atoms with Crippen LogP contribution < -0.4 is 9.84 Å². The van der Waals surface area contributed by atoms with E-state index in [0.29, 0.717) is 16.7 Å². The Hall–Kier alpha value is -0.590. The van der Waals surface area contributed by atoms with Gasteiger partial charge in [0.15, 0.2) is 0 Å². The average Bonchev–Trinajstić information content (AvgIpc) is 2.25. The van der Waals surface area contributed by atoms with Crippen LogP contribution in [0.4, 0.5) is 0 Å². The number of likely N-dealkylation sites (N-methyl/N-ethyl adjacent to an activating group) is 1. The third-order valence-electron chi connectivity index (χ3n) is 2.95. The number of benzene rings is 1. The van der Waals surface area contributed by atoms with Crippen molar-refractivity contribution >= 4 is 37.8 Å². The lowest BCUT2D eigenvalue weighted by molar-refractivity contribution is -0.889. The molecule has 6 heteroatoms. The van der Waals surface area contributed by atoms with E-state index in [2.05, 4.69) is 31.9 Å². The molecule has 4 nitrogen and oxygen atoms in total. The van der Waals surface area contributed by atoms with E-state index in [4.69, 9.17) is 4.74 Å². The second-order valence-electron chi connectivity index (χ2n) is 5.22. The molecule has 0 N–H and O–H groups in total. The maximum Gasteiger partial charge on any atom is 0.133 e. The van der Waals surface area contributed by atoms with Crippen LogP contribution in [0.3, 0.4) is 0 Å². The number of rotatable bonds is 5. The first-order valence-corrected chi connectivity index (χ1v) is 7.29. The zero-order valence-electron chi connectivity index (χ0n) is 11.4. The summed E-state index contributed by atoms with van der Waals surface area (Å²) in [6, 6.07) is 3.02. The van der Waals surface area contributed by atoms with E-state index in [-0.39, 0.29) is 0 Å². The zero-order chi connectivity index (χ0) is 14.8. The predicted octanol–water partition coefficient (Wildman–Crippen LogP) is 1.59. The van der Waals surface area contributed by atoms with Crippen molar-refractivity contribution in [2.45, 2.75) is 12.5 Å². The number of carbonyl (C=O) groups excluding carboxylic acids is 1. The van der Waals surface area contributed by atoms with Crippen LogP contribution in [-0.2, 0) is 11.2 Å². The van der Waals surface area contributed by atoms with E-state index in [1.807, 2.05) is 33.3 Å². The first-order chi connectivity index (χ1) is 8.66. The summed E-state index contributed by atoms with van der Waals surface area (Å²) in [6.07, 6.45) is 0.372. The van der Waals surface area contributed by atoms with E-state index < -0.39 is 12.0 Å². The van der Waals surface area contributed by atoms with E-state index in [1.165, 1.54) is 0 Å². The molecule has 0 aliphatic heterocycles. The first kappa shape index (κ1) is 16.5. The van der Waals surface area contributed by atoms with Gasteiger partial charge in [0.05, 0.1) is 34.2 Å². The van der Waals surface area contributed by atoms with E-state index in [0.717, 1.165) is 14.5 Å². The summed E-state index contributed by atoms with van der Waals surface area (Å²) >= 11 is 6.91. The van der Waals surface area contributed by atoms with E-state index in [1.54, 1.807) is 7.11 Å². The third-order valence-corrected chi connectivity index (χ3v) is 4.37. The Bertz CT molecular complexity index is 460. The Balaban J connectivity index is 3.14. The Labute approximate surface area is 130 Å². The smallest absolute Gasteiger partial charge is 0.133 e. The van der Waals surface area contributed by atoms with Crippen molar-refractivity contribution in [1.29, 1.82) is 0 Å². The molecule has 0 saturated heterocycles. The molecular weight excluding hydrogens is 378 g/mol. The van der Waals surface area contributed by atoms with Crippen LogP contribution in [0.2, 0.25) is 0 Å². The third kappa shape index (κ3) is 4.19. The second kappa shape index (κ2) is 6.24. The Morgan fingerprint density at radius 3 is 2.11 bits per heavy atom. The van der Waals surface area contributed by atoms with Crippen LogP contribution in [0.1, 0.15) is 5.56 Å². The van der Waals surface area contributed by atoms with E-state index >= 15 is 0 Å². The lowest BCUT2D eigenvalue weighted by atomic mass is 10.0. The van der Waals surface area contributed by atoms with Crippen LogP contribution in [-0.4, -0.2) is 44.7 Å². The van der Waals surface area contributed by atoms with Gasteiger partial charge in [0, 0.05) is 15.4 Å². The van der Waals surface area contributed by atoms with Crippen molar-refractivity contribution < 1.29 is 19.1 Å². The van der Waals surface area contributed by atoms with Gasteiger partial charge in [-0.3, -0.25) is 0 Å². The van der Waals surface area contributed by atoms with Gasteiger partial charge in [-0.15, -0.1) is 0 Å².